The zero-order valence-electron chi connectivity index (χ0n) is 13.9. The van der Waals surface area contributed by atoms with Crippen molar-refractivity contribution in [3.63, 3.8) is 0 Å². The monoisotopic (exact) mass is 352 g/mol. The lowest BCUT2D eigenvalue weighted by Crippen LogP contribution is -2.51. The number of rotatable bonds is 4. The summed E-state index contributed by atoms with van der Waals surface area (Å²) in [6.07, 6.45) is 3.86. The predicted octanol–water partition coefficient (Wildman–Crippen LogP) is 2.27. The van der Waals surface area contributed by atoms with Crippen LogP contribution in [0.5, 0.6) is 0 Å². The number of nitrogens with two attached hydrogens (primary N) is 1. The molecule has 5 nitrogen and oxygen atoms in total. The van der Waals surface area contributed by atoms with Gasteiger partial charge in [0.25, 0.3) is 0 Å². The fourth-order valence-electron chi connectivity index (χ4n) is 3.88. The van der Waals surface area contributed by atoms with Gasteiger partial charge in [0.2, 0.25) is 5.91 Å². The maximum Gasteiger partial charge on any atom is 0.329 e. The number of benzene rings is 1. The van der Waals surface area contributed by atoms with Crippen LogP contribution >= 0.6 is 12.4 Å². The van der Waals surface area contributed by atoms with Crippen LogP contribution in [-0.2, 0) is 20.9 Å². The summed E-state index contributed by atoms with van der Waals surface area (Å²) >= 11 is 0. The minimum Gasteiger partial charge on any atom is -0.459 e. The zero-order valence-corrected chi connectivity index (χ0v) is 14.7. The molecule has 6 heteroatoms. The fraction of sp³-hybridized carbons (Fsp3) is 0.556. The number of fused-ring (bicyclic) bond motifs is 1. The highest BCUT2D eigenvalue weighted by atomic mass is 35.5. The summed E-state index contributed by atoms with van der Waals surface area (Å²) in [5, 5.41) is 0. The molecule has 4 atom stereocenters. The number of carbonyl (C=O) groups excluding carboxylic acids is 2. The van der Waals surface area contributed by atoms with Gasteiger partial charge in [-0.1, -0.05) is 36.8 Å². The highest BCUT2D eigenvalue weighted by Gasteiger charge is 2.49. The Bertz CT molecular complexity index is 579. The predicted molar refractivity (Wildman–Crippen MR) is 93.5 cm³/mol. The van der Waals surface area contributed by atoms with E-state index >= 15 is 0 Å². The maximum atomic E-state index is 12.5. The summed E-state index contributed by atoms with van der Waals surface area (Å²) < 4.78 is 5.46. The molecule has 132 valence electrons. The van der Waals surface area contributed by atoms with Crippen LogP contribution in [0.1, 0.15) is 38.2 Å². The second kappa shape index (κ2) is 7.99. The highest BCUT2D eigenvalue weighted by Crippen LogP contribution is 2.41. The van der Waals surface area contributed by atoms with E-state index in [9.17, 15) is 9.59 Å². The van der Waals surface area contributed by atoms with Crippen molar-refractivity contribution in [2.24, 2.45) is 11.7 Å². The largest absolute Gasteiger partial charge is 0.459 e. The van der Waals surface area contributed by atoms with E-state index in [0.29, 0.717) is 12.3 Å². The first-order valence-corrected chi connectivity index (χ1v) is 8.36. The average Bonchev–Trinajstić information content (AvgIpc) is 3.13. The third-order valence-corrected chi connectivity index (χ3v) is 4.98. The van der Waals surface area contributed by atoms with Crippen molar-refractivity contribution in [3.8, 4) is 0 Å². The minimum atomic E-state index is -0.584. The summed E-state index contributed by atoms with van der Waals surface area (Å²) in [5.41, 5.74) is 6.73. The van der Waals surface area contributed by atoms with E-state index in [1.54, 1.807) is 11.8 Å². The molecular formula is C18H25ClN2O3. The average molecular weight is 353 g/mol. The maximum absolute atomic E-state index is 12.5. The number of ether oxygens (including phenoxy) is 1. The van der Waals surface area contributed by atoms with Crippen molar-refractivity contribution in [1.29, 1.82) is 0 Å². The topological polar surface area (TPSA) is 72.6 Å². The van der Waals surface area contributed by atoms with E-state index in [1.165, 1.54) is 0 Å². The van der Waals surface area contributed by atoms with Crippen molar-refractivity contribution < 1.29 is 14.3 Å². The van der Waals surface area contributed by atoms with Crippen LogP contribution in [0.25, 0.3) is 0 Å². The standard InChI is InChI=1S/C18H24N2O3.ClH/c1-12(19)17(21)20-15-9-5-8-14(15)10-16(20)18(22)23-11-13-6-3-2-4-7-13;/h2-4,6-7,12,14-16H,5,8-11,19H2,1H3;1H/t12-,14+,15+,16+;/m1./s1. The number of carbonyl (C=O) groups is 2. The van der Waals surface area contributed by atoms with Gasteiger partial charge in [-0.15, -0.1) is 12.4 Å². The van der Waals surface area contributed by atoms with Crippen molar-refractivity contribution in [2.45, 2.75) is 57.3 Å². The van der Waals surface area contributed by atoms with Gasteiger partial charge in [-0.05, 0) is 37.7 Å². The first kappa shape index (κ1) is 18.7. The molecule has 2 fully saturated rings. The van der Waals surface area contributed by atoms with Crippen molar-refractivity contribution in [2.75, 3.05) is 0 Å². The number of halogens is 1. The van der Waals surface area contributed by atoms with E-state index < -0.39 is 12.1 Å². The molecule has 0 spiro atoms. The molecule has 24 heavy (non-hydrogen) atoms. The molecule has 1 saturated carbocycles. The molecule has 0 aromatic heterocycles. The van der Waals surface area contributed by atoms with Crippen LogP contribution in [0, 0.1) is 5.92 Å². The summed E-state index contributed by atoms with van der Waals surface area (Å²) in [4.78, 5) is 26.7. The Hall–Kier alpha value is -1.59. The molecule has 1 amide bonds. The van der Waals surface area contributed by atoms with Crippen LogP contribution in [0.4, 0.5) is 0 Å². The normalized spacial score (nSPS) is 26.4. The molecule has 0 radical (unpaired) electrons. The van der Waals surface area contributed by atoms with E-state index in [2.05, 4.69) is 0 Å². The van der Waals surface area contributed by atoms with Gasteiger partial charge in [-0.2, -0.15) is 0 Å². The van der Waals surface area contributed by atoms with Crippen LogP contribution in [0.2, 0.25) is 0 Å². The highest BCUT2D eigenvalue weighted by molar-refractivity contribution is 5.88. The lowest BCUT2D eigenvalue weighted by atomic mass is 10.0. The van der Waals surface area contributed by atoms with E-state index in [4.69, 9.17) is 10.5 Å². The van der Waals surface area contributed by atoms with Crippen molar-refractivity contribution in [1.82, 2.24) is 4.90 Å². The molecule has 1 heterocycles. The van der Waals surface area contributed by atoms with Gasteiger partial charge >= 0.3 is 5.97 Å². The molecular weight excluding hydrogens is 328 g/mol. The number of hydrogen-bond donors (Lipinski definition) is 1. The second-order valence-corrected chi connectivity index (χ2v) is 6.64. The fourth-order valence-corrected chi connectivity index (χ4v) is 3.88. The summed E-state index contributed by atoms with van der Waals surface area (Å²) in [5.74, 6) is -0.0368. The van der Waals surface area contributed by atoms with Gasteiger partial charge in [-0.25, -0.2) is 4.79 Å². The van der Waals surface area contributed by atoms with Gasteiger partial charge < -0.3 is 15.4 Å². The molecule has 3 rings (SSSR count). The van der Waals surface area contributed by atoms with E-state index in [-0.39, 0.29) is 36.9 Å². The van der Waals surface area contributed by atoms with Gasteiger partial charge in [0.05, 0.1) is 6.04 Å². The molecule has 1 aromatic carbocycles. The van der Waals surface area contributed by atoms with Crippen LogP contribution in [0.15, 0.2) is 30.3 Å². The first-order chi connectivity index (χ1) is 11.1. The Morgan fingerprint density at radius 1 is 1.29 bits per heavy atom. The SMILES string of the molecule is C[C@@H](N)C(=O)N1[C@H](C(=O)OCc2ccccc2)C[C@@H]2CCC[C@@H]21.Cl. The molecule has 0 unspecified atom stereocenters. The Kier molecular flexibility index (Phi) is 6.24. The quantitative estimate of drug-likeness (QED) is 0.844. The number of esters is 1. The van der Waals surface area contributed by atoms with Crippen molar-refractivity contribution >= 4 is 24.3 Å². The minimum absolute atomic E-state index is 0. The van der Waals surface area contributed by atoms with E-state index in [0.717, 1.165) is 24.8 Å². The molecule has 1 aromatic rings. The third-order valence-electron chi connectivity index (χ3n) is 4.98. The Morgan fingerprint density at radius 2 is 2.00 bits per heavy atom. The molecule has 2 aliphatic rings. The smallest absolute Gasteiger partial charge is 0.329 e. The van der Waals surface area contributed by atoms with Crippen LogP contribution < -0.4 is 5.73 Å². The molecule has 1 saturated heterocycles. The molecule has 0 bridgehead atoms. The lowest BCUT2D eigenvalue weighted by molar-refractivity contribution is -0.156. The summed E-state index contributed by atoms with van der Waals surface area (Å²) in [6, 6.07) is 8.67. The number of likely N-dealkylation sites (tertiary alicyclic amines) is 1. The van der Waals surface area contributed by atoms with Gasteiger partial charge in [0.15, 0.2) is 0 Å². The van der Waals surface area contributed by atoms with Gasteiger partial charge in [0, 0.05) is 6.04 Å². The van der Waals surface area contributed by atoms with Crippen LogP contribution in [0.3, 0.4) is 0 Å². The first-order valence-electron chi connectivity index (χ1n) is 8.36. The number of nitrogens with zero attached hydrogens (tertiary/aromatic N) is 1. The number of amides is 1. The zero-order chi connectivity index (χ0) is 16.4. The van der Waals surface area contributed by atoms with E-state index in [1.807, 2.05) is 30.3 Å². The Morgan fingerprint density at radius 3 is 2.67 bits per heavy atom. The molecule has 1 aliphatic carbocycles. The van der Waals surface area contributed by atoms with Crippen molar-refractivity contribution in [3.05, 3.63) is 35.9 Å². The summed E-state index contributed by atoms with van der Waals surface area (Å²) in [7, 11) is 0. The van der Waals surface area contributed by atoms with Crippen LogP contribution in [-0.4, -0.2) is 34.9 Å². The Labute approximate surface area is 148 Å². The Balaban J connectivity index is 0.00000208. The molecule has 2 N–H and O–H groups in total. The molecule has 1 aliphatic heterocycles. The third kappa shape index (κ3) is 3.73. The van der Waals surface area contributed by atoms with Gasteiger partial charge in [-0.3, -0.25) is 4.79 Å². The second-order valence-electron chi connectivity index (χ2n) is 6.64. The number of hydrogen-bond acceptors (Lipinski definition) is 4. The lowest BCUT2D eigenvalue weighted by Gasteiger charge is -2.30. The summed E-state index contributed by atoms with van der Waals surface area (Å²) in [6.45, 7) is 1.92. The van der Waals surface area contributed by atoms with Gasteiger partial charge in [0.1, 0.15) is 12.6 Å².